The fourth-order valence-corrected chi connectivity index (χ4v) is 4.58. The van der Waals surface area contributed by atoms with E-state index < -0.39 is 15.9 Å². The van der Waals surface area contributed by atoms with Crippen molar-refractivity contribution in [3.8, 4) is 11.5 Å². The molecule has 1 aliphatic heterocycles. The van der Waals surface area contributed by atoms with Gasteiger partial charge in [0, 0.05) is 25.3 Å². The number of amides is 2. The van der Waals surface area contributed by atoms with Crippen molar-refractivity contribution in [2.45, 2.75) is 11.8 Å². The number of carbonyl (C=O) groups is 2. The minimum Gasteiger partial charge on any atom is -0.492 e. The summed E-state index contributed by atoms with van der Waals surface area (Å²) in [5.41, 5.74) is 2.37. The van der Waals surface area contributed by atoms with E-state index in [0.717, 1.165) is 15.6 Å². The third kappa shape index (κ3) is 5.50. The number of aryl methyl sites for hydroxylation is 1. The van der Waals surface area contributed by atoms with Crippen LogP contribution in [-0.4, -0.2) is 58.4 Å². The number of nitrogens with one attached hydrogen (secondary N) is 1. The number of rotatable bonds is 8. The van der Waals surface area contributed by atoms with E-state index in [0.29, 0.717) is 29.2 Å². The van der Waals surface area contributed by atoms with E-state index in [4.69, 9.17) is 9.47 Å². The lowest BCUT2D eigenvalue weighted by Crippen LogP contribution is -2.41. The van der Waals surface area contributed by atoms with Crippen molar-refractivity contribution in [1.29, 1.82) is 0 Å². The lowest BCUT2D eigenvalue weighted by molar-refractivity contribution is -0.121. The second-order valence-corrected chi connectivity index (χ2v) is 10.6. The van der Waals surface area contributed by atoms with Gasteiger partial charge in [0.05, 0.1) is 17.1 Å². The molecule has 9 nitrogen and oxygen atoms in total. The number of hydrogen-bond donors (Lipinski definition) is 1. The van der Waals surface area contributed by atoms with Gasteiger partial charge < -0.3 is 19.7 Å². The summed E-state index contributed by atoms with van der Waals surface area (Å²) in [4.78, 5) is 27.0. The van der Waals surface area contributed by atoms with Crippen molar-refractivity contribution in [2.75, 3.05) is 44.1 Å². The number of sulfonamides is 1. The maximum Gasteiger partial charge on any atom is 0.265 e. The highest BCUT2D eigenvalue weighted by atomic mass is 32.2. The van der Waals surface area contributed by atoms with Crippen LogP contribution in [0.5, 0.6) is 11.5 Å². The number of ether oxygens (including phenoxy) is 2. The first-order valence-electron chi connectivity index (χ1n) is 11.3. The van der Waals surface area contributed by atoms with Gasteiger partial charge >= 0.3 is 0 Å². The van der Waals surface area contributed by atoms with Crippen LogP contribution in [0.15, 0.2) is 71.6 Å². The molecule has 0 aliphatic carbocycles. The first-order valence-corrected chi connectivity index (χ1v) is 12.7. The molecule has 3 aromatic carbocycles. The number of benzene rings is 3. The van der Waals surface area contributed by atoms with Gasteiger partial charge in [0.1, 0.15) is 18.1 Å². The Morgan fingerprint density at radius 1 is 1.08 bits per heavy atom. The molecule has 188 valence electrons. The normalized spacial score (nSPS) is 13.2. The summed E-state index contributed by atoms with van der Waals surface area (Å²) in [6, 6.07) is 18.4. The van der Waals surface area contributed by atoms with Crippen LogP contribution in [0.4, 0.5) is 11.4 Å². The van der Waals surface area contributed by atoms with E-state index in [1.807, 2.05) is 31.2 Å². The minimum atomic E-state index is -3.59. The Balaban J connectivity index is 1.47. The molecule has 36 heavy (non-hydrogen) atoms. The highest BCUT2D eigenvalue weighted by Gasteiger charge is 2.26. The number of fused-ring (bicyclic) bond motifs is 1. The highest BCUT2D eigenvalue weighted by Crippen LogP contribution is 2.34. The topological polar surface area (TPSA) is 105 Å². The first kappa shape index (κ1) is 25.2. The maximum atomic E-state index is 12.8. The largest absolute Gasteiger partial charge is 0.492 e. The van der Waals surface area contributed by atoms with Crippen LogP contribution >= 0.6 is 0 Å². The van der Waals surface area contributed by atoms with Crippen LogP contribution in [0.25, 0.3) is 0 Å². The summed E-state index contributed by atoms with van der Waals surface area (Å²) in [5, 5.41) is 2.79. The van der Waals surface area contributed by atoms with E-state index in [2.05, 4.69) is 5.32 Å². The zero-order valence-corrected chi connectivity index (χ0v) is 21.0. The van der Waals surface area contributed by atoms with Crippen molar-refractivity contribution in [1.82, 2.24) is 4.31 Å². The molecule has 3 aromatic rings. The summed E-state index contributed by atoms with van der Waals surface area (Å²) in [6.45, 7) is 2.49. The summed E-state index contributed by atoms with van der Waals surface area (Å²) in [6.07, 6.45) is 0. The Bertz CT molecular complexity index is 1390. The van der Waals surface area contributed by atoms with Crippen LogP contribution in [0.1, 0.15) is 15.9 Å². The van der Waals surface area contributed by atoms with Crippen molar-refractivity contribution >= 4 is 33.2 Å². The quantitative estimate of drug-likeness (QED) is 0.500. The molecular weight excluding hydrogens is 482 g/mol. The van der Waals surface area contributed by atoms with Crippen LogP contribution in [0.3, 0.4) is 0 Å². The second-order valence-electron chi connectivity index (χ2n) is 8.45. The molecule has 0 unspecified atom stereocenters. The Hall–Kier alpha value is -3.89. The number of anilines is 2. The fraction of sp³-hybridized carbons (Fsp3) is 0.231. The average Bonchev–Trinajstić information content (AvgIpc) is 2.85. The summed E-state index contributed by atoms with van der Waals surface area (Å²) in [7, 11) is -0.702. The molecule has 0 saturated carbocycles. The first-order chi connectivity index (χ1) is 17.1. The molecule has 0 aromatic heterocycles. The Kier molecular flexibility index (Phi) is 7.27. The van der Waals surface area contributed by atoms with Gasteiger partial charge in [-0.2, -0.15) is 0 Å². The van der Waals surface area contributed by atoms with Gasteiger partial charge in [0.2, 0.25) is 10.0 Å². The average molecular weight is 510 g/mol. The monoisotopic (exact) mass is 509 g/mol. The minimum absolute atomic E-state index is 0.0780. The Morgan fingerprint density at radius 2 is 1.83 bits per heavy atom. The standard InChI is InChI=1S/C26H27N3O6S/c1-18-5-4-6-21(15-18)34-14-13-29-23-16-20(9-12-24(23)35-17-25(29)30)27-26(31)19-7-10-22(11-8-19)36(32,33)28(2)3/h4-12,15-16H,13-14,17H2,1-3H3,(H,27,31). The molecule has 4 rings (SSSR count). The third-order valence-corrected chi connectivity index (χ3v) is 7.46. The third-order valence-electron chi connectivity index (χ3n) is 5.63. The molecule has 2 amide bonds. The Morgan fingerprint density at radius 3 is 2.53 bits per heavy atom. The van der Waals surface area contributed by atoms with Crippen molar-refractivity contribution < 1.29 is 27.5 Å². The number of hydrogen-bond acceptors (Lipinski definition) is 6. The molecular formula is C26H27N3O6S. The summed E-state index contributed by atoms with van der Waals surface area (Å²) in [5.74, 6) is 0.625. The highest BCUT2D eigenvalue weighted by molar-refractivity contribution is 7.89. The SMILES string of the molecule is Cc1cccc(OCCN2C(=O)COc3ccc(NC(=O)c4ccc(S(=O)(=O)N(C)C)cc4)cc32)c1. The van der Waals surface area contributed by atoms with E-state index in [-0.39, 0.29) is 24.0 Å². The molecule has 10 heteroatoms. The van der Waals surface area contributed by atoms with Crippen LogP contribution in [0.2, 0.25) is 0 Å². The predicted octanol–water partition coefficient (Wildman–Crippen LogP) is 3.30. The van der Waals surface area contributed by atoms with E-state index >= 15 is 0 Å². The van der Waals surface area contributed by atoms with Crippen molar-refractivity contribution in [2.24, 2.45) is 0 Å². The number of nitrogens with zero attached hydrogens (tertiary/aromatic N) is 2. The van der Waals surface area contributed by atoms with Gasteiger partial charge in [-0.1, -0.05) is 12.1 Å². The van der Waals surface area contributed by atoms with Gasteiger partial charge in [0.25, 0.3) is 11.8 Å². The lowest BCUT2D eigenvalue weighted by atomic mass is 10.1. The molecule has 1 aliphatic rings. The lowest BCUT2D eigenvalue weighted by Gasteiger charge is -2.29. The van der Waals surface area contributed by atoms with E-state index in [1.54, 1.807) is 23.1 Å². The van der Waals surface area contributed by atoms with Crippen LogP contribution in [-0.2, 0) is 14.8 Å². The van der Waals surface area contributed by atoms with Gasteiger partial charge in [-0.3, -0.25) is 9.59 Å². The molecule has 0 bridgehead atoms. The van der Waals surface area contributed by atoms with E-state index in [1.165, 1.54) is 38.4 Å². The molecule has 0 fully saturated rings. The van der Waals surface area contributed by atoms with Gasteiger partial charge in [-0.25, -0.2) is 12.7 Å². The van der Waals surface area contributed by atoms with Gasteiger partial charge in [0.15, 0.2) is 6.61 Å². The molecule has 0 saturated heterocycles. The van der Waals surface area contributed by atoms with E-state index in [9.17, 15) is 18.0 Å². The number of carbonyl (C=O) groups excluding carboxylic acids is 2. The summed E-state index contributed by atoms with van der Waals surface area (Å²) >= 11 is 0. The van der Waals surface area contributed by atoms with Gasteiger partial charge in [-0.05, 0) is 67.1 Å². The second kappa shape index (κ2) is 10.4. The molecule has 0 spiro atoms. The summed E-state index contributed by atoms with van der Waals surface area (Å²) < 4.78 is 36.9. The zero-order valence-electron chi connectivity index (χ0n) is 20.2. The molecule has 0 atom stereocenters. The molecule has 1 heterocycles. The molecule has 1 N–H and O–H groups in total. The van der Waals surface area contributed by atoms with Gasteiger partial charge in [-0.15, -0.1) is 0 Å². The molecule has 0 radical (unpaired) electrons. The smallest absolute Gasteiger partial charge is 0.265 e. The fourth-order valence-electron chi connectivity index (χ4n) is 3.68. The Labute approximate surface area is 210 Å². The van der Waals surface area contributed by atoms with Crippen molar-refractivity contribution in [3.63, 3.8) is 0 Å². The maximum absolute atomic E-state index is 12.8. The predicted molar refractivity (Wildman–Crippen MR) is 136 cm³/mol. The van der Waals surface area contributed by atoms with Crippen LogP contribution in [0, 0.1) is 6.92 Å². The zero-order chi connectivity index (χ0) is 25.9. The van der Waals surface area contributed by atoms with Crippen molar-refractivity contribution in [3.05, 3.63) is 77.9 Å². The van der Waals surface area contributed by atoms with Crippen LogP contribution < -0.4 is 19.7 Å².